The number of rotatable bonds is 8. The Hall–Kier alpha value is -2.18. The van der Waals surface area contributed by atoms with Crippen molar-refractivity contribution in [1.29, 1.82) is 0 Å². The maximum Gasteiger partial charge on any atom is 0.252 e. The number of likely N-dealkylation sites (tertiary alicyclic amines) is 1. The lowest BCUT2D eigenvalue weighted by Crippen LogP contribution is -2.41. The van der Waals surface area contributed by atoms with E-state index in [4.69, 9.17) is 0 Å². The van der Waals surface area contributed by atoms with Crippen molar-refractivity contribution in [3.63, 3.8) is 0 Å². The molecule has 0 saturated carbocycles. The molecule has 1 fully saturated rings. The van der Waals surface area contributed by atoms with E-state index in [9.17, 15) is 14.8 Å². The number of nitrogens with zero attached hydrogens (tertiary/aromatic N) is 4. The molecule has 2 amide bonds. The van der Waals surface area contributed by atoms with Gasteiger partial charge in [-0.1, -0.05) is 0 Å². The molecule has 4 heterocycles. The lowest BCUT2D eigenvalue weighted by Gasteiger charge is -2.32. The number of anilines is 1. The van der Waals surface area contributed by atoms with Gasteiger partial charge >= 0.3 is 0 Å². The maximum absolute atomic E-state index is 12.6. The average Bonchev–Trinajstić information content (AvgIpc) is 3.12. The number of aromatic nitrogens is 1. The molecule has 2 aromatic heterocycles. The van der Waals surface area contributed by atoms with E-state index in [0.717, 1.165) is 45.4 Å². The maximum atomic E-state index is 12.6. The number of aryl methyl sites for hydroxylation is 1. The molecule has 3 N–H and O–H groups in total. The van der Waals surface area contributed by atoms with Crippen LogP contribution in [0, 0.1) is 13.8 Å². The van der Waals surface area contributed by atoms with Crippen LogP contribution in [0.25, 0.3) is 0 Å². The van der Waals surface area contributed by atoms with Crippen LogP contribution < -0.4 is 10.6 Å². The highest BCUT2D eigenvalue weighted by Gasteiger charge is 2.23. The van der Waals surface area contributed by atoms with Crippen LogP contribution in [0.4, 0.5) is 5.82 Å². The smallest absolute Gasteiger partial charge is 0.252 e. The number of carbonyl (C=O) groups is 2. The Bertz CT molecular complexity index is 1050. The second-order valence-corrected chi connectivity index (χ2v) is 11.4. The molecular weight excluding hydrogens is 484 g/mol. The predicted molar refractivity (Wildman–Crippen MR) is 139 cm³/mol. The summed E-state index contributed by atoms with van der Waals surface area (Å²) in [5.74, 6) is 0.811. The summed E-state index contributed by atoms with van der Waals surface area (Å²) in [5, 5.41) is 16.6. The average molecular weight is 519 g/mol. The molecule has 0 radical (unpaired) electrons. The molecule has 2 aromatic rings. The summed E-state index contributed by atoms with van der Waals surface area (Å²) in [7, 11) is 0. The fourth-order valence-electron chi connectivity index (χ4n) is 4.52. The van der Waals surface area contributed by atoms with E-state index in [0.29, 0.717) is 18.1 Å². The van der Waals surface area contributed by atoms with Crippen molar-refractivity contribution in [3.05, 3.63) is 44.8 Å². The van der Waals surface area contributed by atoms with Crippen molar-refractivity contribution in [2.75, 3.05) is 37.5 Å². The molecule has 0 aromatic carbocycles. The van der Waals surface area contributed by atoms with Crippen LogP contribution in [0.5, 0.6) is 0 Å². The van der Waals surface area contributed by atoms with Gasteiger partial charge in [0.2, 0.25) is 5.91 Å². The quantitative estimate of drug-likeness (QED) is 0.278. The molecule has 35 heavy (non-hydrogen) atoms. The summed E-state index contributed by atoms with van der Waals surface area (Å²) in [4.78, 5) is 35.4. The van der Waals surface area contributed by atoms with Gasteiger partial charge in [-0.3, -0.25) is 14.5 Å². The second kappa shape index (κ2) is 11.7. The van der Waals surface area contributed by atoms with Gasteiger partial charge in [0.25, 0.3) is 5.91 Å². The summed E-state index contributed by atoms with van der Waals surface area (Å²) < 4.78 is 1.19. The number of piperidine rings is 1. The highest BCUT2D eigenvalue weighted by Crippen LogP contribution is 2.32. The van der Waals surface area contributed by atoms with Crippen LogP contribution in [0.3, 0.4) is 0 Å². The summed E-state index contributed by atoms with van der Waals surface area (Å²) in [5.41, 5.74) is 3.28. The van der Waals surface area contributed by atoms with Crippen molar-refractivity contribution < 1.29 is 14.8 Å². The van der Waals surface area contributed by atoms with E-state index in [-0.39, 0.29) is 23.7 Å². The molecular formula is C24H34N6O3S2. The highest BCUT2D eigenvalue weighted by molar-refractivity contribution is 7.96. The minimum absolute atomic E-state index is 0.109. The van der Waals surface area contributed by atoms with E-state index < -0.39 is 0 Å². The Morgan fingerprint density at radius 1 is 1.29 bits per heavy atom. The van der Waals surface area contributed by atoms with E-state index in [1.165, 1.54) is 37.3 Å². The normalized spacial score (nSPS) is 16.9. The lowest BCUT2D eigenvalue weighted by molar-refractivity contribution is -0.129. The molecule has 0 atom stereocenters. The first-order valence-electron chi connectivity index (χ1n) is 12.0. The number of pyridine rings is 1. The van der Waals surface area contributed by atoms with Gasteiger partial charge in [0.1, 0.15) is 5.82 Å². The molecule has 0 aliphatic carbocycles. The fraction of sp³-hybridized carbons (Fsp3) is 0.542. The monoisotopic (exact) mass is 518 g/mol. The van der Waals surface area contributed by atoms with E-state index in [1.807, 2.05) is 16.2 Å². The molecule has 0 spiro atoms. The van der Waals surface area contributed by atoms with Crippen LogP contribution >= 0.6 is 23.3 Å². The SMILES string of the molecule is CC(=O)N1CCC(Nc2cc(C(=O)NCSN(O)CN3CCc4sc(C)c(C)c4C3)ccn2)CC1. The van der Waals surface area contributed by atoms with Gasteiger partial charge in [-0.15, -0.1) is 15.8 Å². The molecule has 2 aliphatic heterocycles. The molecule has 190 valence electrons. The number of hydrogen-bond donors (Lipinski definition) is 3. The molecule has 0 bridgehead atoms. The van der Waals surface area contributed by atoms with Crippen molar-refractivity contribution in [2.45, 2.75) is 52.6 Å². The third-order valence-corrected chi connectivity index (χ3v) is 8.71. The number of amides is 2. The van der Waals surface area contributed by atoms with Crippen LogP contribution in [0.2, 0.25) is 0 Å². The first kappa shape index (κ1) is 25.9. The standard InChI is InChI=1S/C24H34N6O3S2/c1-16-17(2)35-22-7-9-28(13-21(16)22)15-30(33)34-14-26-24(32)19-4-8-25-23(12-19)27-20-5-10-29(11-6-20)18(3)31/h4,8,12,20,33H,5-7,9-11,13-15H2,1-3H3,(H,25,27)(H,26,32). The Kier molecular flexibility index (Phi) is 8.66. The van der Waals surface area contributed by atoms with Gasteiger partial charge in [0, 0.05) is 60.7 Å². The minimum Gasteiger partial charge on any atom is -0.367 e. The number of nitrogens with one attached hydrogen (secondary N) is 2. The van der Waals surface area contributed by atoms with Gasteiger partial charge in [-0.25, -0.2) is 4.98 Å². The summed E-state index contributed by atoms with van der Waals surface area (Å²) in [6.45, 7) is 9.57. The van der Waals surface area contributed by atoms with Gasteiger partial charge < -0.3 is 20.7 Å². The Balaban J connectivity index is 1.20. The van der Waals surface area contributed by atoms with E-state index in [2.05, 4.69) is 34.4 Å². The highest BCUT2D eigenvalue weighted by atomic mass is 32.2. The van der Waals surface area contributed by atoms with Crippen molar-refractivity contribution in [3.8, 4) is 0 Å². The lowest BCUT2D eigenvalue weighted by atomic mass is 10.0. The molecule has 0 unspecified atom stereocenters. The first-order chi connectivity index (χ1) is 16.8. The molecule has 4 rings (SSSR count). The van der Waals surface area contributed by atoms with Crippen LogP contribution in [-0.4, -0.2) is 74.5 Å². The van der Waals surface area contributed by atoms with Gasteiger partial charge in [0.05, 0.1) is 12.5 Å². The molecule has 11 heteroatoms. The van der Waals surface area contributed by atoms with E-state index in [1.54, 1.807) is 25.3 Å². The largest absolute Gasteiger partial charge is 0.367 e. The Labute approximate surface area is 215 Å². The van der Waals surface area contributed by atoms with Gasteiger partial charge in [-0.2, -0.15) is 0 Å². The van der Waals surface area contributed by atoms with Crippen molar-refractivity contribution in [2.24, 2.45) is 0 Å². The number of fused-ring (bicyclic) bond motifs is 1. The zero-order valence-electron chi connectivity index (χ0n) is 20.5. The fourth-order valence-corrected chi connectivity index (χ4v) is 6.29. The van der Waals surface area contributed by atoms with Crippen molar-refractivity contribution >= 4 is 40.9 Å². The van der Waals surface area contributed by atoms with E-state index >= 15 is 0 Å². The minimum atomic E-state index is -0.213. The Morgan fingerprint density at radius 2 is 2.06 bits per heavy atom. The summed E-state index contributed by atoms with van der Waals surface area (Å²) >= 11 is 3.06. The number of hydroxylamine groups is 1. The van der Waals surface area contributed by atoms with Crippen LogP contribution in [0.1, 0.15) is 51.0 Å². The zero-order valence-corrected chi connectivity index (χ0v) is 22.2. The third kappa shape index (κ3) is 6.73. The summed E-state index contributed by atoms with van der Waals surface area (Å²) in [6, 6.07) is 3.64. The third-order valence-electron chi connectivity index (χ3n) is 6.71. The Morgan fingerprint density at radius 3 is 2.80 bits per heavy atom. The van der Waals surface area contributed by atoms with Gasteiger partial charge in [0.15, 0.2) is 0 Å². The number of thiophene rings is 1. The molecule has 9 nitrogen and oxygen atoms in total. The van der Waals surface area contributed by atoms with Crippen LogP contribution in [-0.2, 0) is 17.8 Å². The van der Waals surface area contributed by atoms with Crippen LogP contribution in [0.15, 0.2) is 18.3 Å². The molecule has 2 aliphatic rings. The summed E-state index contributed by atoms with van der Waals surface area (Å²) in [6.07, 6.45) is 4.33. The number of hydrogen-bond acceptors (Lipinski definition) is 9. The zero-order chi connectivity index (χ0) is 24.9. The predicted octanol–water partition coefficient (Wildman–Crippen LogP) is 3.23. The molecule has 1 saturated heterocycles. The van der Waals surface area contributed by atoms with Crippen molar-refractivity contribution in [1.82, 2.24) is 24.6 Å². The van der Waals surface area contributed by atoms with Gasteiger partial charge in [-0.05, 0) is 68.3 Å². The number of carbonyl (C=O) groups excluding carboxylic acids is 2. The first-order valence-corrected chi connectivity index (χ1v) is 13.7. The second-order valence-electron chi connectivity index (χ2n) is 9.11. The topological polar surface area (TPSA) is 101 Å².